The monoisotopic (exact) mass is 295 g/mol. The van der Waals surface area contributed by atoms with Crippen LogP contribution in [0.25, 0.3) is 0 Å². The highest BCUT2D eigenvalue weighted by Gasteiger charge is 2.28. The molecule has 0 aliphatic rings. The maximum absolute atomic E-state index is 12.7. The van der Waals surface area contributed by atoms with Crippen molar-refractivity contribution in [2.24, 2.45) is 5.92 Å². The predicted octanol–water partition coefficient (Wildman–Crippen LogP) is 3.83. The molecule has 0 aliphatic carbocycles. The smallest absolute Gasteiger partial charge is 0.0517 e. The summed E-state index contributed by atoms with van der Waals surface area (Å²) in [5.41, 5.74) is 2.49. The summed E-state index contributed by atoms with van der Waals surface area (Å²) in [7, 11) is -0.840. The van der Waals surface area contributed by atoms with Gasteiger partial charge in [0.1, 0.15) is 0 Å². The Bertz CT molecular complexity index is 427. The van der Waals surface area contributed by atoms with Crippen LogP contribution in [0.2, 0.25) is 0 Å². The molecular weight excluding hydrogens is 266 g/mol. The van der Waals surface area contributed by atoms with Gasteiger partial charge in [-0.15, -0.1) is 0 Å². The van der Waals surface area contributed by atoms with Crippen molar-refractivity contribution in [1.82, 2.24) is 5.32 Å². The van der Waals surface area contributed by atoms with Crippen LogP contribution in [0, 0.1) is 12.8 Å². The van der Waals surface area contributed by atoms with Gasteiger partial charge in [-0.25, -0.2) is 0 Å². The van der Waals surface area contributed by atoms with Crippen molar-refractivity contribution in [2.45, 2.75) is 58.1 Å². The molecule has 1 N–H and O–H groups in total. The van der Waals surface area contributed by atoms with E-state index in [4.69, 9.17) is 0 Å². The van der Waals surface area contributed by atoms with Gasteiger partial charge >= 0.3 is 0 Å². The average Bonchev–Trinajstić information content (AvgIpc) is 2.43. The standard InChI is InChI=1S/C17H29NOS/c1-7-18-17(16-10-8-13(4)9-11-16)15(6)20(19)14(5)12(2)3/h8-12,14-15,17-18H,7H2,1-6H3. The molecule has 114 valence electrons. The SMILES string of the molecule is CCNC(c1ccc(C)cc1)C(C)S(=O)C(C)C(C)C. The molecule has 4 unspecified atom stereocenters. The van der Waals surface area contributed by atoms with Gasteiger partial charge in [-0.1, -0.05) is 57.5 Å². The molecule has 20 heavy (non-hydrogen) atoms. The summed E-state index contributed by atoms with van der Waals surface area (Å²) in [4.78, 5) is 0. The molecule has 1 aromatic carbocycles. The van der Waals surface area contributed by atoms with Crippen LogP contribution >= 0.6 is 0 Å². The van der Waals surface area contributed by atoms with E-state index < -0.39 is 10.8 Å². The third-order valence-corrected chi connectivity index (χ3v) is 6.28. The summed E-state index contributed by atoms with van der Waals surface area (Å²) in [5, 5.41) is 3.83. The lowest BCUT2D eigenvalue weighted by Crippen LogP contribution is -2.37. The molecule has 0 aromatic heterocycles. The first-order valence-corrected chi connectivity index (χ1v) is 8.85. The molecule has 2 nitrogen and oxygen atoms in total. The Labute approximate surface area is 126 Å². The van der Waals surface area contributed by atoms with Crippen molar-refractivity contribution in [3.8, 4) is 0 Å². The molecule has 1 rings (SSSR count). The van der Waals surface area contributed by atoms with Gasteiger partial charge in [-0.2, -0.15) is 0 Å². The summed E-state index contributed by atoms with van der Waals surface area (Å²) in [6.45, 7) is 13.6. The topological polar surface area (TPSA) is 29.1 Å². The fraction of sp³-hybridized carbons (Fsp3) is 0.647. The van der Waals surface area contributed by atoms with Crippen LogP contribution in [0.4, 0.5) is 0 Å². The quantitative estimate of drug-likeness (QED) is 0.828. The molecule has 0 amide bonds. The molecule has 0 saturated heterocycles. The van der Waals surface area contributed by atoms with Gasteiger partial charge in [0.15, 0.2) is 0 Å². The van der Waals surface area contributed by atoms with E-state index >= 15 is 0 Å². The van der Waals surface area contributed by atoms with Gasteiger partial charge in [-0.05, 0) is 31.9 Å². The van der Waals surface area contributed by atoms with Gasteiger partial charge in [0, 0.05) is 22.1 Å². The van der Waals surface area contributed by atoms with Crippen LogP contribution in [0.5, 0.6) is 0 Å². The van der Waals surface area contributed by atoms with Gasteiger partial charge in [0.2, 0.25) is 0 Å². The Morgan fingerprint density at radius 3 is 2.05 bits per heavy atom. The lowest BCUT2D eigenvalue weighted by atomic mass is 10.0. The van der Waals surface area contributed by atoms with E-state index in [1.807, 2.05) is 0 Å². The van der Waals surface area contributed by atoms with Crippen molar-refractivity contribution < 1.29 is 4.21 Å². The summed E-state index contributed by atoms with van der Waals surface area (Å²) in [6.07, 6.45) is 0. The Hall–Kier alpha value is -0.670. The van der Waals surface area contributed by atoms with Crippen molar-refractivity contribution in [1.29, 1.82) is 0 Å². The van der Waals surface area contributed by atoms with E-state index in [0.717, 1.165) is 6.54 Å². The Kier molecular flexibility index (Phi) is 6.90. The highest BCUT2D eigenvalue weighted by Crippen LogP contribution is 2.24. The number of aryl methyl sites for hydroxylation is 1. The summed E-state index contributed by atoms with van der Waals surface area (Å²) in [5.74, 6) is 0.443. The maximum atomic E-state index is 12.7. The van der Waals surface area contributed by atoms with Gasteiger partial charge < -0.3 is 5.32 Å². The molecule has 0 fully saturated rings. The zero-order chi connectivity index (χ0) is 15.3. The van der Waals surface area contributed by atoms with E-state index in [1.165, 1.54) is 11.1 Å². The molecule has 1 aromatic rings. The molecule has 0 spiro atoms. The molecule has 0 saturated carbocycles. The largest absolute Gasteiger partial charge is 0.309 e. The summed E-state index contributed by atoms with van der Waals surface area (Å²) in [6, 6.07) is 8.71. The summed E-state index contributed by atoms with van der Waals surface area (Å²) >= 11 is 0. The van der Waals surface area contributed by atoms with Crippen LogP contribution < -0.4 is 5.32 Å². The van der Waals surface area contributed by atoms with Gasteiger partial charge in [0.05, 0.1) is 5.25 Å². The zero-order valence-electron chi connectivity index (χ0n) is 13.6. The van der Waals surface area contributed by atoms with E-state index in [-0.39, 0.29) is 16.5 Å². The van der Waals surface area contributed by atoms with Gasteiger partial charge in [0.25, 0.3) is 0 Å². The molecule has 0 aliphatic heterocycles. The Morgan fingerprint density at radius 1 is 1.05 bits per heavy atom. The second kappa shape index (κ2) is 7.94. The van der Waals surface area contributed by atoms with E-state index in [9.17, 15) is 4.21 Å². The molecular formula is C17H29NOS. The van der Waals surface area contributed by atoms with Crippen molar-refractivity contribution in [3.05, 3.63) is 35.4 Å². The highest BCUT2D eigenvalue weighted by molar-refractivity contribution is 7.86. The van der Waals surface area contributed by atoms with Crippen LogP contribution in [0.15, 0.2) is 24.3 Å². The second-order valence-corrected chi connectivity index (χ2v) is 8.07. The predicted molar refractivity (Wildman–Crippen MR) is 89.5 cm³/mol. The van der Waals surface area contributed by atoms with Crippen LogP contribution in [0.1, 0.15) is 51.8 Å². The fourth-order valence-corrected chi connectivity index (χ4v) is 4.02. The minimum Gasteiger partial charge on any atom is -0.309 e. The van der Waals surface area contributed by atoms with Crippen molar-refractivity contribution in [3.63, 3.8) is 0 Å². The molecule has 4 atom stereocenters. The van der Waals surface area contributed by atoms with E-state index in [1.54, 1.807) is 0 Å². The van der Waals surface area contributed by atoms with Gasteiger partial charge in [-0.3, -0.25) is 4.21 Å². The summed E-state index contributed by atoms with van der Waals surface area (Å²) < 4.78 is 12.7. The molecule has 0 heterocycles. The molecule has 3 heteroatoms. The molecule has 0 radical (unpaired) electrons. The number of hydrogen-bond acceptors (Lipinski definition) is 2. The minimum absolute atomic E-state index is 0.107. The first kappa shape index (κ1) is 17.4. The second-order valence-electron chi connectivity index (χ2n) is 5.93. The maximum Gasteiger partial charge on any atom is 0.0517 e. The van der Waals surface area contributed by atoms with E-state index in [2.05, 4.69) is 71.1 Å². The minimum atomic E-state index is -0.840. The Morgan fingerprint density at radius 2 is 1.60 bits per heavy atom. The van der Waals surface area contributed by atoms with Crippen molar-refractivity contribution in [2.75, 3.05) is 6.54 Å². The van der Waals surface area contributed by atoms with Crippen LogP contribution in [-0.2, 0) is 10.8 Å². The number of benzene rings is 1. The normalized spacial score (nSPS) is 17.8. The highest BCUT2D eigenvalue weighted by atomic mass is 32.2. The average molecular weight is 295 g/mol. The van der Waals surface area contributed by atoms with E-state index in [0.29, 0.717) is 5.92 Å². The van der Waals surface area contributed by atoms with Crippen molar-refractivity contribution >= 4 is 10.8 Å². The molecule has 0 bridgehead atoms. The third-order valence-electron chi connectivity index (χ3n) is 4.00. The van der Waals surface area contributed by atoms with Crippen LogP contribution in [-0.4, -0.2) is 21.3 Å². The first-order valence-electron chi connectivity index (χ1n) is 7.57. The number of rotatable bonds is 7. The first-order chi connectivity index (χ1) is 9.38. The fourth-order valence-electron chi connectivity index (χ4n) is 2.29. The Balaban J connectivity index is 2.95. The third kappa shape index (κ3) is 4.42. The zero-order valence-corrected chi connectivity index (χ0v) is 14.5. The van der Waals surface area contributed by atoms with Crippen LogP contribution in [0.3, 0.4) is 0 Å². The number of nitrogens with one attached hydrogen (secondary N) is 1. The lowest BCUT2D eigenvalue weighted by Gasteiger charge is -2.28. The lowest BCUT2D eigenvalue weighted by molar-refractivity contribution is 0.524. The number of hydrogen-bond donors (Lipinski definition) is 1.